The van der Waals surface area contributed by atoms with Crippen molar-refractivity contribution in [2.24, 2.45) is 0 Å². The van der Waals surface area contributed by atoms with Crippen LogP contribution in [0.4, 0.5) is 17.3 Å². The van der Waals surface area contributed by atoms with Gasteiger partial charge in [0.25, 0.3) is 0 Å². The number of nitrogens with zero attached hydrogens (tertiary/aromatic N) is 3. The summed E-state index contributed by atoms with van der Waals surface area (Å²) in [6, 6.07) is 11.8. The number of ether oxygens (including phenoxy) is 1. The third-order valence-electron chi connectivity index (χ3n) is 3.88. The van der Waals surface area contributed by atoms with E-state index < -0.39 is 5.60 Å². The number of hydrogen-bond donors (Lipinski definition) is 2. The SMILES string of the molecule is CC(C)(O)C1CN(c2cc(Nc3ccccc3)ncn2)CCO1. The van der Waals surface area contributed by atoms with Crippen LogP contribution in [0.5, 0.6) is 0 Å². The molecule has 1 unspecified atom stereocenters. The van der Waals surface area contributed by atoms with Crippen molar-refractivity contribution >= 4 is 17.3 Å². The number of hydrogen-bond acceptors (Lipinski definition) is 6. The van der Waals surface area contributed by atoms with Crippen LogP contribution in [0, 0.1) is 0 Å². The summed E-state index contributed by atoms with van der Waals surface area (Å²) < 4.78 is 5.67. The molecule has 23 heavy (non-hydrogen) atoms. The van der Waals surface area contributed by atoms with Gasteiger partial charge < -0.3 is 20.1 Å². The monoisotopic (exact) mass is 314 g/mol. The first kappa shape index (κ1) is 15.7. The lowest BCUT2D eigenvalue weighted by Crippen LogP contribution is -2.52. The molecule has 2 aromatic rings. The van der Waals surface area contributed by atoms with Crippen LogP contribution in [-0.2, 0) is 4.74 Å². The Morgan fingerprint density at radius 1 is 1.26 bits per heavy atom. The third-order valence-corrected chi connectivity index (χ3v) is 3.88. The van der Waals surface area contributed by atoms with Crippen molar-refractivity contribution in [3.05, 3.63) is 42.7 Å². The molecular formula is C17H22N4O2. The number of benzene rings is 1. The highest BCUT2D eigenvalue weighted by atomic mass is 16.5. The average Bonchev–Trinajstić information content (AvgIpc) is 2.55. The highest BCUT2D eigenvalue weighted by Crippen LogP contribution is 2.23. The van der Waals surface area contributed by atoms with Crippen LogP contribution in [-0.4, -0.2) is 46.5 Å². The van der Waals surface area contributed by atoms with E-state index >= 15 is 0 Å². The van der Waals surface area contributed by atoms with Gasteiger partial charge in [-0.1, -0.05) is 18.2 Å². The summed E-state index contributed by atoms with van der Waals surface area (Å²) in [7, 11) is 0. The largest absolute Gasteiger partial charge is 0.388 e. The summed E-state index contributed by atoms with van der Waals surface area (Å²) in [6.07, 6.45) is 1.31. The van der Waals surface area contributed by atoms with Crippen molar-refractivity contribution < 1.29 is 9.84 Å². The zero-order valence-electron chi connectivity index (χ0n) is 13.4. The van der Waals surface area contributed by atoms with Gasteiger partial charge in [-0.15, -0.1) is 0 Å². The van der Waals surface area contributed by atoms with Crippen LogP contribution in [0.3, 0.4) is 0 Å². The summed E-state index contributed by atoms with van der Waals surface area (Å²) in [5.41, 5.74) is 0.102. The molecule has 6 heteroatoms. The molecule has 1 aromatic heterocycles. The maximum Gasteiger partial charge on any atom is 0.135 e. The normalized spacial score (nSPS) is 18.7. The molecule has 0 radical (unpaired) electrons. The van der Waals surface area contributed by atoms with Gasteiger partial charge in [0.15, 0.2) is 0 Å². The summed E-state index contributed by atoms with van der Waals surface area (Å²) in [4.78, 5) is 10.7. The molecule has 0 spiro atoms. The molecule has 1 aliphatic rings. The van der Waals surface area contributed by atoms with Crippen LogP contribution in [0.1, 0.15) is 13.8 Å². The Morgan fingerprint density at radius 2 is 2.04 bits per heavy atom. The molecule has 1 fully saturated rings. The van der Waals surface area contributed by atoms with E-state index in [-0.39, 0.29) is 6.10 Å². The minimum atomic E-state index is -0.878. The second-order valence-corrected chi connectivity index (χ2v) is 6.21. The minimum absolute atomic E-state index is 0.239. The van der Waals surface area contributed by atoms with Crippen molar-refractivity contribution in [2.75, 3.05) is 29.9 Å². The van der Waals surface area contributed by atoms with Crippen molar-refractivity contribution in [1.82, 2.24) is 9.97 Å². The Morgan fingerprint density at radius 3 is 2.78 bits per heavy atom. The smallest absolute Gasteiger partial charge is 0.135 e. The number of nitrogens with one attached hydrogen (secondary N) is 1. The zero-order valence-corrected chi connectivity index (χ0v) is 13.4. The van der Waals surface area contributed by atoms with Gasteiger partial charge in [-0.05, 0) is 26.0 Å². The molecule has 0 bridgehead atoms. The second-order valence-electron chi connectivity index (χ2n) is 6.21. The maximum atomic E-state index is 10.2. The van der Waals surface area contributed by atoms with Crippen molar-refractivity contribution in [3.8, 4) is 0 Å². The minimum Gasteiger partial charge on any atom is -0.388 e. The molecule has 3 rings (SSSR count). The van der Waals surface area contributed by atoms with E-state index in [0.29, 0.717) is 13.2 Å². The quantitative estimate of drug-likeness (QED) is 0.901. The predicted octanol–water partition coefficient (Wildman–Crippen LogP) is 2.20. The van der Waals surface area contributed by atoms with Gasteiger partial charge in [0.1, 0.15) is 24.1 Å². The maximum absolute atomic E-state index is 10.2. The molecular weight excluding hydrogens is 292 g/mol. The van der Waals surface area contributed by atoms with Crippen molar-refractivity contribution in [1.29, 1.82) is 0 Å². The Labute approximate surface area is 136 Å². The first-order valence-electron chi connectivity index (χ1n) is 7.75. The van der Waals surface area contributed by atoms with E-state index in [9.17, 15) is 5.11 Å². The molecule has 6 nitrogen and oxygen atoms in total. The summed E-state index contributed by atoms with van der Waals surface area (Å²) in [6.45, 7) is 5.45. The Hall–Kier alpha value is -2.18. The fraction of sp³-hybridized carbons (Fsp3) is 0.412. The van der Waals surface area contributed by atoms with Gasteiger partial charge in [0.2, 0.25) is 0 Å². The van der Waals surface area contributed by atoms with E-state index in [2.05, 4.69) is 20.2 Å². The predicted molar refractivity (Wildman–Crippen MR) is 90.0 cm³/mol. The first-order chi connectivity index (χ1) is 11.0. The Balaban J connectivity index is 1.74. The number of aliphatic hydroxyl groups is 1. The van der Waals surface area contributed by atoms with Crippen molar-refractivity contribution in [3.63, 3.8) is 0 Å². The third kappa shape index (κ3) is 3.97. The van der Waals surface area contributed by atoms with Gasteiger partial charge in [-0.3, -0.25) is 0 Å². The van der Waals surface area contributed by atoms with Crippen LogP contribution < -0.4 is 10.2 Å². The lowest BCUT2D eigenvalue weighted by Gasteiger charge is -2.39. The number of rotatable bonds is 4. The van der Waals surface area contributed by atoms with Gasteiger partial charge in [-0.2, -0.15) is 0 Å². The van der Waals surface area contributed by atoms with E-state index in [4.69, 9.17) is 4.74 Å². The van der Waals surface area contributed by atoms with E-state index in [1.54, 1.807) is 20.2 Å². The summed E-state index contributed by atoms with van der Waals surface area (Å²) in [5, 5.41) is 13.4. The highest BCUT2D eigenvalue weighted by Gasteiger charge is 2.33. The Kier molecular flexibility index (Phi) is 4.45. The molecule has 1 aliphatic heterocycles. The standard InChI is InChI=1S/C17H22N4O2/c1-17(2,22)14-11-21(8-9-23-14)16-10-15(18-12-19-16)20-13-6-4-3-5-7-13/h3-7,10,12,14,22H,8-9,11H2,1-2H3,(H,18,19,20). The summed E-state index contributed by atoms with van der Waals surface area (Å²) >= 11 is 0. The van der Waals surface area contributed by atoms with Gasteiger partial charge in [0, 0.05) is 24.8 Å². The highest BCUT2D eigenvalue weighted by molar-refractivity contribution is 5.59. The Bertz CT molecular complexity index is 643. The first-order valence-corrected chi connectivity index (χ1v) is 7.75. The topological polar surface area (TPSA) is 70.5 Å². The molecule has 1 aromatic carbocycles. The molecule has 0 amide bonds. The average molecular weight is 314 g/mol. The molecule has 2 heterocycles. The van der Waals surface area contributed by atoms with Crippen LogP contribution in [0.2, 0.25) is 0 Å². The number of aromatic nitrogens is 2. The lowest BCUT2D eigenvalue weighted by atomic mass is 10.0. The van der Waals surface area contributed by atoms with Crippen molar-refractivity contribution in [2.45, 2.75) is 25.6 Å². The molecule has 0 saturated carbocycles. The number of morpholine rings is 1. The van der Waals surface area contributed by atoms with Crippen LogP contribution in [0.15, 0.2) is 42.7 Å². The second kappa shape index (κ2) is 6.52. The molecule has 1 saturated heterocycles. The fourth-order valence-corrected chi connectivity index (χ4v) is 2.54. The summed E-state index contributed by atoms with van der Waals surface area (Å²) in [5.74, 6) is 1.57. The van der Waals surface area contributed by atoms with Crippen LogP contribution in [0.25, 0.3) is 0 Å². The van der Waals surface area contributed by atoms with E-state index in [1.807, 2.05) is 36.4 Å². The zero-order chi connectivity index (χ0) is 16.3. The molecule has 2 N–H and O–H groups in total. The lowest BCUT2D eigenvalue weighted by molar-refractivity contribution is -0.0929. The van der Waals surface area contributed by atoms with Crippen LogP contribution >= 0.6 is 0 Å². The number of anilines is 3. The van der Waals surface area contributed by atoms with Gasteiger partial charge >= 0.3 is 0 Å². The molecule has 0 aliphatic carbocycles. The van der Waals surface area contributed by atoms with E-state index in [0.717, 1.165) is 23.9 Å². The number of para-hydroxylation sites is 1. The van der Waals surface area contributed by atoms with Gasteiger partial charge in [0.05, 0.1) is 12.2 Å². The van der Waals surface area contributed by atoms with E-state index in [1.165, 1.54) is 0 Å². The van der Waals surface area contributed by atoms with Gasteiger partial charge in [-0.25, -0.2) is 9.97 Å². The fourth-order valence-electron chi connectivity index (χ4n) is 2.54. The molecule has 1 atom stereocenters. The molecule has 122 valence electrons.